The lowest BCUT2D eigenvalue weighted by atomic mass is 10.0. The van der Waals surface area contributed by atoms with Crippen LogP contribution in [0.4, 0.5) is 0 Å². The molecule has 0 saturated heterocycles. The summed E-state index contributed by atoms with van der Waals surface area (Å²) >= 11 is 0. The Bertz CT molecular complexity index is 389. The molecule has 0 amide bonds. The molecule has 0 aliphatic heterocycles. The Hall–Kier alpha value is -1.20. The van der Waals surface area contributed by atoms with E-state index in [2.05, 4.69) is 19.6 Å². The highest BCUT2D eigenvalue weighted by Crippen LogP contribution is 2.28. The zero-order valence-corrected chi connectivity index (χ0v) is 12.4. The van der Waals surface area contributed by atoms with E-state index in [-0.39, 0.29) is 4.92 Å². The summed E-state index contributed by atoms with van der Waals surface area (Å²) in [4.78, 5) is 10.9. The first-order valence-corrected chi connectivity index (χ1v) is 9.62. The molecule has 1 aromatic carbocycles. The van der Waals surface area contributed by atoms with Gasteiger partial charge in [-0.15, -0.1) is 0 Å². The van der Waals surface area contributed by atoms with Gasteiger partial charge in [0.2, 0.25) is 6.04 Å². The van der Waals surface area contributed by atoms with Gasteiger partial charge in [-0.1, -0.05) is 37.3 Å². The first-order valence-electron chi connectivity index (χ1n) is 6.21. The predicted molar refractivity (Wildman–Crippen MR) is 74.7 cm³/mol. The largest absolute Gasteiger partial charge is 0.404 e. The summed E-state index contributed by atoms with van der Waals surface area (Å²) < 4.78 is 6.04. The molecule has 1 rings (SSSR count). The minimum absolute atomic E-state index is 0.224. The lowest BCUT2D eigenvalue weighted by Gasteiger charge is -2.28. The molecule has 0 aliphatic carbocycles. The molecular formula is C13H21NO3Si. The van der Waals surface area contributed by atoms with E-state index in [4.69, 9.17) is 4.43 Å². The monoisotopic (exact) mass is 267 g/mol. The van der Waals surface area contributed by atoms with Crippen LogP contribution in [0.1, 0.15) is 25.0 Å². The van der Waals surface area contributed by atoms with E-state index in [1.165, 1.54) is 0 Å². The molecule has 5 heteroatoms. The Labute approximate surface area is 109 Å². The van der Waals surface area contributed by atoms with Gasteiger partial charge < -0.3 is 4.43 Å². The number of benzene rings is 1. The maximum atomic E-state index is 11.2. The molecule has 2 atom stereocenters. The first kappa shape index (κ1) is 14.9. The highest BCUT2D eigenvalue weighted by Gasteiger charge is 2.35. The van der Waals surface area contributed by atoms with Gasteiger partial charge in [0.05, 0.1) is 0 Å². The third kappa shape index (κ3) is 4.23. The van der Waals surface area contributed by atoms with Crippen molar-refractivity contribution in [1.82, 2.24) is 0 Å². The van der Waals surface area contributed by atoms with Gasteiger partial charge in [0, 0.05) is 11.3 Å². The van der Waals surface area contributed by atoms with Gasteiger partial charge in [-0.2, -0.15) is 0 Å². The number of nitro groups is 1. The second kappa shape index (κ2) is 6.11. The van der Waals surface area contributed by atoms with Crippen LogP contribution in [0.5, 0.6) is 0 Å². The quantitative estimate of drug-likeness (QED) is 0.449. The van der Waals surface area contributed by atoms with Crippen molar-refractivity contribution in [1.29, 1.82) is 0 Å². The molecule has 0 fully saturated rings. The van der Waals surface area contributed by atoms with E-state index in [9.17, 15) is 10.1 Å². The topological polar surface area (TPSA) is 52.4 Å². The van der Waals surface area contributed by atoms with E-state index < -0.39 is 20.5 Å². The number of rotatable bonds is 6. The van der Waals surface area contributed by atoms with Crippen molar-refractivity contribution < 1.29 is 9.35 Å². The molecule has 1 aromatic rings. The Morgan fingerprint density at radius 3 is 2.22 bits per heavy atom. The lowest BCUT2D eigenvalue weighted by Crippen LogP contribution is -2.36. The van der Waals surface area contributed by atoms with Crippen LogP contribution in [0.3, 0.4) is 0 Å². The van der Waals surface area contributed by atoms with Gasteiger partial charge in [-0.25, -0.2) is 0 Å². The third-order valence-electron chi connectivity index (χ3n) is 2.65. The first-order chi connectivity index (χ1) is 8.35. The standard InChI is InChI=1S/C13H21NO3Si/c1-5-12(14(15)16)13(17-18(2,3)4)11-9-7-6-8-10-11/h6-10,12-13H,5H2,1-4H3/t12-,13-/m1/s1. The molecule has 0 aliphatic rings. The van der Waals surface area contributed by atoms with Gasteiger partial charge in [-0.3, -0.25) is 10.1 Å². The van der Waals surface area contributed by atoms with Crippen LogP contribution in [0.25, 0.3) is 0 Å². The van der Waals surface area contributed by atoms with Crippen LogP contribution in [0, 0.1) is 10.1 Å². The fourth-order valence-corrected chi connectivity index (χ4v) is 2.92. The maximum absolute atomic E-state index is 11.2. The zero-order valence-electron chi connectivity index (χ0n) is 11.4. The fourth-order valence-electron chi connectivity index (χ4n) is 1.87. The molecule has 0 N–H and O–H groups in total. The zero-order chi connectivity index (χ0) is 13.8. The van der Waals surface area contributed by atoms with Gasteiger partial charge in [0.25, 0.3) is 0 Å². The minimum Gasteiger partial charge on any atom is -0.404 e. The SMILES string of the molecule is CC[C@H]([C@H](O[Si](C)(C)C)c1ccccc1)[N+](=O)[O-]. The molecule has 4 nitrogen and oxygen atoms in total. The fraction of sp³-hybridized carbons (Fsp3) is 0.538. The Morgan fingerprint density at radius 1 is 1.28 bits per heavy atom. The summed E-state index contributed by atoms with van der Waals surface area (Å²) in [5.41, 5.74) is 0.892. The number of hydrogen-bond acceptors (Lipinski definition) is 3. The normalized spacial score (nSPS) is 15.1. The second-order valence-corrected chi connectivity index (χ2v) is 9.78. The summed E-state index contributed by atoms with van der Waals surface area (Å²) in [7, 11) is -1.83. The molecule has 0 radical (unpaired) electrons. The van der Waals surface area contributed by atoms with Crippen molar-refractivity contribution in [3.63, 3.8) is 0 Å². The summed E-state index contributed by atoms with van der Waals surface area (Å²) in [5, 5.41) is 11.2. The van der Waals surface area contributed by atoms with Crippen molar-refractivity contribution in [2.24, 2.45) is 0 Å². The van der Waals surface area contributed by atoms with Crippen molar-refractivity contribution >= 4 is 8.32 Å². The van der Waals surface area contributed by atoms with Crippen LogP contribution in [0.2, 0.25) is 19.6 Å². The van der Waals surface area contributed by atoms with Crippen LogP contribution >= 0.6 is 0 Å². The molecule has 0 aromatic heterocycles. The van der Waals surface area contributed by atoms with Crippen molar-refractivity contribution in [2.75, 3.05) is 0 Å². The molecule has 0 heterocycles. The van der Waals surface area contributed by atoms with E-state index in [0.29, 0.717) is 6.42 Å². The Kier molecular flexibility index (Phi) is 5.04. The van der Waals surface area contributed by atoms with Crippen molar-refractivity contribution in [2.45, 2.75) is 45.1 Å². The molecule has 100 valence electrons. The molecular weight excluding hydrogens is 246 g/mol. The van der Waals surface area contributed by atoms with Gasteiger partial charge in [0.1, 0.15) is 6.10 Å². The Morgan fingerprint density at radius 2 is 1.83 bits per heavy atom. The minimum atomic E-state index is -1.83. The highest BCUT2D eigenvalue weighted by atomic mass is 28.4. The van der Waals surface area contributed by atoms with Crippen molar-refractivity contribution in [3.05, 3.63) is 46.0 Å². The molecule has 0 spiro atoms. The molecule has 18 heavy (non-hydrogen) atoms. The van der Waals surface area contributed by atoms with Crippen LogP contribution in [-0.2, 0) is 4.43 Å². The van der Waals surface area contributed by atoms with Crippen LogP contribution in [0.15, 0.2) is 30.3 Å². The average molecular weight is 267 g/mol. The van der Waals surface area contributed by atoms with Gasteiger partial charge >= 0.3 is 0 Å². The molecule has 0 saturated carbocycles. The van der Waals surface area contributed by atoms with E-state index in [1.54, 1.807) is 0 Å². The third-order valence-corrected chi connectivity index (χ3v) is 3.61. The smallest absolute Gasteiger partial charge is 0.241 e. The molecule has 0 bridgehead atoms. The summed E-state index contributed by atoms with van der Waals surface area (Å²) in [5.74, 6) is 0. The van der Waals surface area contributed by atoms with Gasteiger partial charge in [-0.05, 0) is 25.2 Å². The van der Waals surface area contributed by atoms with E-state index in [0.717, 1.165) is 5.56 Å². The summed E-state index contributed by atoms with van der Waals surface area (Å²) in [6.07, 6.45) is 0.0229. The van der Waals surface area contributed by atoms with Crippen LogP contribution < -0.4 is 0 Å². The van der Waals surface area contributed by atoms with Gasteiger partial charge in [0.15, 0.2) is 8.32 Å². The number of nitrogens with zero attached hydrogens (tertiary/aromatic N) is 1. The second-order valence-electron chi connectivity index (χ2n) is 5.32. The maximum Gasteiger partial charge on any atom is 0.241 e. The molecule has 0 unspecified atom stereocenters. The van der Waals surface area contributed by atoms with Crippen LogP contribution in [-0.4, -0.2) is 19.3 Å². The predicted octanol–water partition coefficient (Wildman–Crippen LogP) is 3.63. The highest BCUT2D eigenvalue weighted by molar-refractivity contribution is 6.69. The van der Waals surface area contributed by atoms with E-state index in [1.807, 2.05) is 37.3 Å². The summed E-state index contributed by atoms with van der Waals surface area (Å²) in [6, 6.07) is 8.81. The average Bonchev–Trinajstić information content (AvgIpc) is 2.28. The number of hydrogen-bond donors (Lipinski definition) is 0. The van der Waals surface area contributed by atoms with E-state index >= 15 is 0 Å². The summed E-state index contributed by atoms with van der Waals surface area (Å²) in [6.45, 7) is 7.98. The Balaban J connectivity index is 3.06. The van der Waals surface area contributed by atoms with Crippen molar-refractivity contribution in [3.8, 4) is 0 Å². The lowest BCUT2D eigenvalue weighted by molar-refractivity contribution is -0.535.